The number of nitrogens with one attached hydrogen (secondary N) is 2. The first kappa shape index (κ1) is 29.7. The largest absolute Gasteiger partial charge is 0.325 e. The fourth-order valence-electron chi connectivity index (χ4n) is 3.63. The Morgan fingerprint density at radius 2 is 1.35 bits per heavy atom. The number of benzene rings is 4. The number of anilines is 3. The summed E-state index contributed by atoms with van der Waals surface area (Å²) in [5.41, 5.74) is 1.36. The molecule has 0 heterocycles. The van der Waals surface area contributed by atoms with Gasteiger partial charge in [0.25, 0.3) is 20.0 Å². The van der Waals surface area contributed by atoms with Crippen molar-refractivity contribution in [3.8, 4) is 0 Å². The van der Waals surface area contributed by atoms with Crippen LogP contribution in [0.15, 0.2) is 101 Å². The first-order valence-corrected chi connectivity index (χ1v) is 15.6. The summed E-state index contributed by atoms with van der Waals surface area (Å²) in [5, 5.41) is 2.99. The van der Waals surface area contributed by atoms with Crippen molar-refractivity contribution in [3.05, 3.63) is 112 Å². The molecule has 0 spiro atoms. The molecule has 0 saturated carbocycles. The smallest absolute Gasteiger partial charge is 0.264 e. The third-order valence-electron chi connectivity index (χ3n) is 5.66. The van der Waals surface area contributed by atoms with E-state index in [4.69, 9.17) is 34.8 Å². The van der Waals surface area contributed by atoms with Crippen LogP contribution in [0.25, 0.3) is 0 Å². The van der Waals surface area contributed by atoms with E-state index in [0.29, 0.717) is 0 Å². The summed E-state index contributed by atoms with van der Waals surface area (Å²) in [4.78, 5) is 12.9. The Labute approximate surface area is 247 Å². The third-order valence-corrected chi connectivity index (χ3v) is 9.96. The number of amides is 1. The highest BCUT2D eigenvalue weighted by molar-refractivity contribution is 7.93. The molecule has 13 heteroatoms. The van der Waals surface area contributed by atoms with Crippen LogP contribution < -0.4 is 14.3 Å². The van der Waals surface area contributed by atoms with E-state index in [0.717, 1.165) is 9.87 Å². The molecule has 4 rings (SSSR count). The average Bonchev–Trinajstić information content (AvgIpc) is 2.91. The second kappa shape index (κ2) is 12.1. The summed E-state index contributed by atoms with van der Waals surface area (Å²) in [6.45, 7) is 1.24. The highest BCUT2D eigenvalue weighted by Crippen LogP contribution is 2.32. The van der Waals surface area contributed by atoms with Crippen molar-refractivity contribution in [1.29, 1.82) is 0 Å². The number of aryl methyl sites for hydroxylation is 1. The molecule has 208 valence electrons. The summed E-state index contributed by atoms with van der Waals surface area (Å²) in [5.74, 6) is -0.671. The van der Waals surface area contributed by atoms with Crippen molar-refractivity contribution >= 4 is 77.8 Å². The van der Waals surface area contributed by atoms with Crippen molar-refractivity contribution < 1.29 is 21.6 Å². The zero-order chi connectivity index (χ0) is 29.1. The number of rotatable bonds is 9. The average molecular weight is 639 g/mol. The molecule has 8 nitrogen and oxygen atoms in total. The lowest BCUT2D eigenvalue weighted by Gasteiger charge is -2.25. The lowest BCUT2D eigenvalue weighted by molar-refractivity contribution is -0.114. The molecule has 0 aromatic heterocycles. The van der Waals surface area contributed by atoms with Gasteiger partial charge in [-0.1, -0.05) is 70.7 Å². The second-order valence-corrected chi connectivity index (χ2v) is 13.3. The van der Waals surface area contributed by atoms with Gasteiger partial charge in [0.1, 0.15) is 6.54 Å². The maximum atomic E-state index is 13.5. The molecule has 0 aliphatic heterocycles. The van der Waals surface area contributed by atoms with Gasteiger partial charge in [0, 0.05) is 5.69 Å². The minimum Gasteiger partial charge on any atom is -0.325 e. The van der Waals surface area contributed by atoms with Gasteiger partial charge >= 0.3 is 0 Å². The zero-order valence-corrected chi connectivity index (χ0v) is 24.7. The molecule has 0 atom stereocenters. The van der Waals surface area contributed by atoms with Gasteiger partial charge in [-0.25, -0.2) is 16.8 Å². The standard InChI is InChI=1S/C27H22Cl3N3O5S2/c1-18-9-13-21(14-10-18)40(37,38)33(25-8-3-2-5-22(25)28)17-26(34)31-19-11-15-20(16-12-19)39(35,36)32-24-7-4-6-23(29)27(24)30/h2-16,32H,17H2,1H3,(H,31,34). The highest BCUT2D eigenvalue weighted by atomic mass is 35.5. The first-order valence-electron chi connectivity index (χ1n) is 11.6. The maximum Gasteiger partial charge on any atom is 0.264 e. The first-order chi connectivity index (χ1) is 18.9. The molecule has 1 amide bonds. The van der Waals surface area contributed by atoms with Crippen molar-refractivity contribution in [2.75, 3.05) is 20.9 Å². The molecule has 4 aromatic carbocycles. The number of carbonyl (C=O) groups excluding carboxylic acids is 1. The van der Waals surface area contributed by atoms with Crippen LogP contribution in [0.4, 0.5) is 17.1 Å². The van der Waals surface area contributed by atoms with E-state index in [1.807, 2.05) is 6.92 Å². The van der Waals surface area contributed by atoms with Crippen molar-refractivity contribution in [2.45, 2.75) is 16.7 Å². The van der Waals surface area contributed by atoms with Crippen LogP contribution in [0.3, 0.4) is 0 Å². The van der Waals surface area contributed by atoms with Crippen molar-refractivity contribution in [2.24, 2.45) is 0 Å². The molecule has 0 saturated heterocycles. The van der Waals surface area contributed by atoms with E-state index in [9.17, 15) is 21.6 Å². The van der Waals surface area contributed by atoms with Crippen LogP contribution in [0.1, 0.15) is 5.56 Å². The Balaban J connectivity index is 1.54. The molecule has 0 aliphatic carbocycles. The van der Waals surface area contributed by atoms with Gasteiger partial charge in [0.2, 0.25) is 5.91 Å². The molecule has 0 fully saturated rings. The number of sulfonamides is 2. The molecule has 0 unspecified atom stereocenters. The SMILES string of the molecule is Cc1ccc(S(=O)(=O)N(CC(=O)Nc2ccc(S(=O)(=O)Nc3cccc(Cl)c3Cl)cc2)c2ccccc2Cl)cc1. The molecule has 0 bridgehead atoms. The molecule has 4 aromatic rings. The Morgan fingerprint density at radius 3 is 2.00 bits per heavy atom. The summed E-state index contributed by atoms with van der Waals surface area (Å²) >= 11 is 18.3. The monoisotopic (exact) mass is 637 g/mol. The van der Waals surface area contributed by atoms with Crippen LogP contribution in [-0.4, -0.2) is 29.3 Å². The predicted octanol–water partition coefficient (Wildman–Crippen LogP) is 6.59. The fourth-order valence-corrected chi connectivity index (χ4v) is 6.83. The third kappa shape index (κ3) is 6.71. The van der Waals surface area contributed by atoms with E-state index in [2.05, 4.69) is 10.0 Å². The molecule has 0 aliphatic rings. The van der Waals surface area contributed by atoms with Crippen LogP contribution in [0, 0.1) is 6.92 Å². The Bertz CT molecular complexity index is 1760. The van der Waals surface area contributed by atoms with Crippen LogP contribution in [-0.2, 0) is 24.8 Å². The Hall–Kier alpha value is -3.28. The van der Waals surface area contributed by atoms with E-state index >= 15 is 0 Å². The predicted molar refractivity (Wildman–Crippen MR) is 160 cm³/mol. The number of hydrogen-bond acceptors (Lipinski definition) is 5. The number of para-hydroxylation sites is 1. The molecule has 2 N–H and O–H groups in total. The van der Waals surface area contributed by atoms with Crippen LogP contribution in [0.2, 0.25) is 15.1 Å². The highest BCUT2D eigenvalue weighted by Gasteiger charge is 2.29. The number of halogens is 3. The topological polar surface area (TPSA) is 113 Å². The van der Waals surface area contributed by atoms with Crippen LogP contribution >= 0.6 is 34.8 Å². The van der Waals surface area contributed by atoms with Gasteiger partial charge in [-0.05, 0) is 67.6 Å². The van der Waals surface area contributed by atoms with E-state index in [-0.39, 0.29) is 41.9 Å². The Morgan fingerprint density at radius 1 is 0.750 bits per heavy atom. The number of carbonyl (C=O) groups is 1. The Kier molecular flexibility index (Phi) is 8.96. The van der Waals surface area contributed by atoms with Crippen molar-refractivity contribution in [3.63, 3.8) is 0 Å². The van der Waals surface area contributed by atoms with Gasteiger partial charge < -0.3 is 5.32 Å². The summed E-state index contributed by atoms with van der Waals surface area (Å²) in [6.07, 6.45) is 0. The molecule has 0 radical (unpaired) electrons. The number of nitrogens with zero attached hydrogens (tertiary/aromatic N) is 1. The quantitative estimate of drug-likeness (QED) is 0.215. The molecular weight excluding hydrogens is 617 g/mol. The van der Waals surface area contributed by atoms with Gasteiger partial charge in [0.15, 0.2) is 0 Å². The van der Waals surface area contributed by atoms with E-state index in [1.54, 1.807) is 30.3 Å². The summed E-state index contributed by atoms with van der Waals surface area (Å²) in [6, 6.07) is 22.4. The van der Waals surface area contributed by atoms with Gasteiger partial charge in [0.05, 0.1) is 36.2 Å². The molecule has 40 heavy (non-hydrogen) atoms. The van der Waals surface area contributed by atoms with Gasteiger partial charge in [-0.2, -0.15) is 0 Å². The summed E-state index contributed by atoms with van der Waals surface area (Å²) in [7, 11) is -8.18. The molecular formula is C27H22Cl3N3O5S2. The lowest BCUT2D eigenvalue weighted by atomic mass is 10.2. The minimum atomic E-state index is -4.16. The number of hydrogen-bond donors (Lipinski definition) is 2. The van der Waals surface area contributed by atoms with Gasteiger partial charge in [-0.15, -0.1) is 0 Å². The maximum absolute atomic E-state index is 13.5. The second-order valence-electron chi connectivity index (χ2n) is 8.56. The van der Waals surface area contributed by atoms with E-state index in [1.165, 1.54) is 60.7 Å². The summed E-state index contributed by atoms with van der Waals surface area (Å²) < 4.78 is 56.0. The lowest BCUT2D eigenvalue weighted by Crippen LogP contribution is -2.38. The normalized spacial score (nSPS) is 11.6. The van der Waals surface area contributed by atoms with E-state index < -0.39 is 32.5 Å². The zero-order valence-electron chi connectivity index (χ0n) is 20.8. The van der Waals surface area contributed by atoms with Gasteiger partial charge in [-0.3, -0.25) is 13.8 Å². The fraction of sp³-hybridized carbons (Fsp3) is 0.0741. The van der Waals surface area contributed by atoms with Crippen molar-refractivity contribution in [1.82, 2.24) is 0 Å². The van der Waals surface area contributed by atoms with Crippen LogP contribution in [0.5, 0.6) is 0 Å². The minimum absolute atomic E-state index is 0.00677.